The van der Waals surface area contributed by atoms with Crippen LogP contribution in [0.5, 0.6) is 0 Å². The average molecular weight is 354 g/mol. The van der Waals surface area contributed by atoms with E-state index < -0.39 is 0 Å². The Morgan fingerprint density at radius 1 is 1.00 bits per heavy atom. The molecule has 3 nitrogen and oxygen atoms in total. The first-order valence-electron chi connectivity index (χ1n) is 9.02. The van der Waals surface area contributed by atoms with Gasteiger partial charge in [-0.05, 0) is 86.8 Å². The summed E-state index contributed by atoms with van der Waals surface area (Å²) in [6, 6.07) is 15.4. The second-order valence-electron chi connectivity index (χ2n) is 6.98. The summed E-state index contributed by atoms with van der Waals surface area (Å²) in [5.74, 6) is 0. The lowest BCUT2D eigenvalue weighted by molar-refractivity contribution is 0.722. The number of benzene rings is 2. The number of thiocarbonyl (C=S) groups is 1. The van der Waals surface area contributed by atoms with Gasteiger partial charge < -0.3 is 15.5 Å². The lowest BCUT2D eigenvalue weighted by atomic mass is 10.1. The SMILES string of the molecule is Cc1cc(C)cc(NC(=S)N[C@H](C)c2ccc(N3CCCC3)cc2)c1. The Balaban J connectivity index is 1.59. The highest BCUT2D eigenvalue weighted by molar-refractivity contribution is 7.80. The maximum Gasteiger partial charge on any atom is 0.171 e. The summed E-state index contributed by atoms with van der Waals surface area (Å²) >= 11 is 5.48. The third-order valence-corrected chi connectivity index (χ3v) is 4.91. The Morgan fingerprint density at radius 2 is 1.60 bits per heavy atom. The number of nitrogens with zero attached hydrogens (tertiary/aromatic N) is 1. The third-order valence-electron chi connectivity index (χ3n) is 4.69. The molecule has 0 unspecified atom stereocenters. The molecule has 132 valence electrons. The van der Waals surface area contributed by atoms with E-state index in [1.807, 2.05) is 0 Å². The maximum atomic E-state index is 5.48. The van der Waals surface area contributed by atoms with E-state index in [4.69, 9.17) is 12.2 Å². The largest absolute Gasteiger partial charge is 0.372 e. The zero-order valence-electron chi connectivity index (χ0n) is 15.3. The Hall–Kier alpha value is -2.07. The second-order valence-corrected chi connectivity index (χ2v) is 7.39. The Bertz CT molecular complexity index is 713. The Labute approximate surface area is 156 Å². The number of hydrogen-bond acceptors (Lipinski definition) is 2. The molecule has 3 rings (SSSR count). The number of nitrogens with one attached hydrogen (secondary N) is 2. The molecule has 1 aliphatic rings. The summed E-state index contributed by atoms with van der Waals surface area (Å²) in [5.41, 5.74) is 6.06. The van der Waals surface area contributed by atoms with Gasteiger partial charge in [0.15, 0.2) is 5.11 Å². The summed E-state index contributed by atoms with van der Waals surface area (Å²) < 4.78 is 0. The number of anilines is 2. The van der Waals surface area contributed by atoms with Crippen molar-refractivity contribution in [3.63, 3.8) is 0 Å². The molecular weight excluding hydrogens is 326 g/mol. The van der Waals surface area contributed by atoms with Crippen LogP contribution in [-0.4, -0.2) is 18.2 Å². The highest BCUT2D eigenvalue weighted by Gasteiger charge is 2.13. The second kappa shape index (κ2) is 7.87. The fourth-order valence-electron chi connectivity index (χ4n) is 3.44. The first kappa shape index (κ1) is 17.7. The van der Waals surface area contributed by atoms with Gasteiger partial charge in [0.25, 0.3) is 0 Å². The predicted molar refractivity (Wildman–Crippen MR) is 112 cm³/mol. The van der Waals surface area contributed by atoms with Gasteiger partial charge in [-0.15, -0.1) is 0 Å². The minimum Gasteiger partial charge on any atom is -0.372 e. The molecule has 0 amide bonds. The van der Waals surface area contributed by atoms with Crippen molar-refractivity contribution in [2.75, 3.05) is 23.3 Å². The van der Waals surface area contributed by atoms with Crippen molar-refractivity contribution in [3.05, 3.63) is 59.2 Å². The minimum absolute atomic E-state index is 0.165. The van der Waals surface area contributed by atoms with Gasteiger partial charge in [-0.2, -0.15) is 0 Å². The zero-order valence-corrected chi connectivity index (χ0v) is 16.1. The van der Waals surface area contributed by atoms with Gasteiger partial charge in [0.05, 0.1) is 6.04 Å². The number of hydrogen-bond donors (Lipinski definition) is 2. The smallest absolute Gasteiger partial charge is 0.171 e. The van der Waals surface area contributed by atoms with E-state index in [2.05, 4.69) is 78.8 Å². The standard InChI is InChI=1S/C21H27N3S/c1-15-12-16(2)14-19(13-15)23-21(25)22-17(3)18-6-8-20(9-7-18)24-10-4-5-11-24/h6-9,12-14,17H,4-5,10-11H2,1-3H3,(H2,22,23,25)/t17-/m1/s1. The summed E-state index contributed by atoms with van der Waals surface area (Å²) in [6.07, 6.45) is 2.61. The van der Waals surface area contributed by atoms with E-state index in [1.54, 1.807) is 0 Å². The molecule has 1 heterocycles. The van der Waals surface area contributed by atoms with Crippen LogP contribution >= 0.6 is 12.2 Å². The molecule has 0 spiro atoms. The molecule has 2 aromatic rings. The first-order valence-corrected chi connectivity index (χ1v) is 9.43. The Morgan fingerprint density at radius 3 is 2.20 bits per heavy atom. The number of rotatable bonds is 4. The molecule has 25 heavy (non-hydrogen) atoms. The molecule has 2 aromatic carbocycles. The monoisotopic (exact) mass is 353 g/mol. The quantitative estimate of drug-likeness (QED) is 0.761. The normalized spacial score (nSPS) is 15.1. The van der Waals surface area contributed by atoms with Crippen LogP contribution in [-0.2, 0) is 0 Å². The molecule has 0 saturated carbocycles. The van der Waals surface area contributed by atoms with Crippen molar-refractivity contribution in [1.82, 2.24) is 5.32 Å². The van der Waals surface area contributed by atoms with Crippen LogP contribution in [0.1, 0.15) is 42.5 Å². The fourth-order valence-corrected chi connectivity index (χ4v) is 3.74. The van der Waals surface area contributed by atoms with E-state index in [0.29, 0.717) is 5.11 Å². The summed E-state index contributed by atoms with van der Waals surface area (Å²) in [5, 5.41) is 7.33. The van der Waals surface area contributed by atoms with Gasteiger partial charge in [-0.3, -0.25) is 0 Å². The van der Waals surface area contributed by atoms with Gasteiger partial charge in [0.1, 0.15) is 0 Å². The third kappa shape index (κ3) is 4.73. The van der Waals surface area contributed by atoms with Crippen LogP contribution in [0.3, 0.4) is 0 Å². The highest BCUT2D eigenvalue weighted by Crippen LogP contribution is 2.23. The summed E-state index contributed by atoms with van der Waals surface area (Å²) in [4.78, 5) is 2.45. The van der Waals surface area contributed by atoms with Crippen LogP contribution in [0.2, 0.25) is 0 Å². The highest BCUT2D eigenvalue weighted by atomic mass is 32.1. The van der Waals surface area contributed by atoms with E-state index in [9.17, 15) is 0 Å². The fraction of sp³-hybridized carbons (Fsp3) is 0.381. The van der Waals surface area contributed by atoms with Crippen LogP contribution in [0.15, 0.2) is 42.5 Å². The minimum atomic E-state index is 0.165. The molecule has 0 radical (unpaired) electrons. The molecule has 1 atom stereocenters. The van der Waals surface area contributed by atoms with Gasteiger partial charge in [0, 0.05) is 24.5 Å². The molecule has 1 aliphatic heterocycles. The molecule has 0 aliphatic carbocycles. The summed E-state index contributed by atoms with van der Waals surface area (Å²) in [7, 11) is 0. The lowest BCUT2D eigenvalue weighted by Gasteiger charge is -2.20. The van der Waals surface area contributed by atoms with Crippen LogP contribution in [0.4, 0.5) is 11.4 Å². The lowest BCUT2D eigenvalue weighted by Crippen LogP contribution is -2.31. The molecule has 1 saturated heterocycles. The van der Waals surface area contributed by atoms with Gasteiger partial charge in [-0.25, -0.2) is 0 Å². The zero-order chi connectivity index (χ0) is 17.8. The van der Waals surface area contributed by atoms with Gasteiger partial charge >= 0.3 is 0 Å². The predicted octanol–water partition coefficient (Wildman–Crippen LogP) is 4.95. The van der Waals surface area contributed by atoms with Crippen molar-refractivity contribution < 1.29 is 0 Å². The van der Waals surface area contributed by atoms with E-state index in [-0.39, 0.29) is 6.04 Å². The molecule has 4 heteroatoms. The molecule has 2 N–H and O–H groups in total. The average Bonchev–Trinajstić information content (AvgIpc) is 3.08. The maximum absolute atomic E-state index is 5.48. The Kier molecular flexibility index (Phi) is 5.59. The van der Waals surface area contributed by atoms with Crippen molar-refractivity contribution in [2.24, 2.45) is 0 Å². The molecule has 0 aromatic heterocycles. The van der Waals surface area contributed by atoms with Crippen molar-refractivity contribution in [1.29, 1.82) is 0 Å². The van der Waals surface area contributed by atoms with Gasteiger partial charge in [-0.1, -0.05) is 18.2 Å². The van der Waals surface area contributed by atoms with Gasteiger partial charge in [0.2, 0.25) is 0 Å². The summed E-state index contributed by atoms with van der Waals surface area (Å²) in [6.45, 7) is 8.69. The molecule has 0 bridgehead atoms. The van der Waals surface area contributed by atoms with E-state index in [0.717, 1.165) is 5.69 Å². The molecule has 1 fully saturated rings. The van der Waals surface area contributed by atoms with Crippen molar-refractivity contribution in [3.8, 4) is 0 Å². The van der Waals surface area contributed by atoms with Crippen LogP contribution in [0, 0.1) is 13.8 Å². The van der Waals surface area contributed by atoms with Crippen LogP contribution < -0.4 is 15.5 Å². The first-order chi connectivity index (χ1) is 12.0. The van der Waals surface area contributed by atoms with Crippen molar-refractivity contribution >= 4 is 28.7 Å². The topological polar surface area (TPSA) is 27.3 Å². The number of aryl methyl sites for hydroxylation is 2. The van der Waals surface area contributed by atoms with E-state index in [1.165, 1.54) is 48.3 Å². The van der Waals surface area contributed by atoms with Crippen LogP contribution in [0.25, 0.3) is 0 Å². The van der Waals surface area contributed by atoms with Crippen molar-refractivity contribution in [2.45, 2.75) is 39.7 Å². The molecular formula is C21H27N3S. The van der Waals surface area contributed by atoms with E-state index >= 15 is 0 Å².